The number of unbranched alkanes of at least 4 members (excludes halogenated alkanes) is 1. The Balaban J connectivity index is 1.02. The molecule has 0 unspecified atom stereocenters. The van der Waals surface area contributed by atoms with Crippen LogP contribution in [0.25, 0.3) is 21.1 Å². The molecule has 4 aromatic rings. The van der Waals surface area contributed by atoms with E-state index in [1.165, 1.54) is 55.5 Å². The smallest absolute Gasteiger partial charge is 0.245 e. The number of aromatic nitrogens is 2. The highest BCUT2D eigenvalue weighted by Gasteiger charge is 2.56. The van der Waals surface area contributed by atoms with Crippen LogP contribution < -0.4 is 21.3 Å². The zero-order valence-corrected chi connectivity index (χ0v) is 44.2. The Hall–Kier alpha value is -4.82. The number of likely N-dealkylation sites (N-methyl/N-ethyl adjacent to an activating group) is 2. The van der Waals surface area contributed by atoms with Gasteiger partial charge in [-0.05, 0) is 102 Å². The van der Waals surface area contributed by atoms with E-state index in [1.54, 1.807) is 62.0 Å². The normalized spacial score (nSPS) is 24.2. The van der Waals surface area contributed by atoms with Crippen molar-refractivity contribution >= 4 is 66.3 Å². The summed E-state index contributed by atoms with van der Waals surface area (Å²) in [6, 6.07) is 6.23. The molecule has 24 heteroatoms. The van der Waals surface area contributed by atoms with Crippen molar-refractivity contribution < 1.29 is 44.8 Å². The van der Waals surface area contributed by atoms with Crippen molar-refractivity contribution in [1.82, 2.24) is 49.6 Å². The topological polar surface area (TPSA) is 223 Å². The third-order valence-electron chi connectivity index (χ3n) is 14.7. The maximum atomic E-state index is 14.9. The number of nitrogens with one attached hydrogen (secondary N) is 4. The standard InChI is InChI=1S/C48H62F2N10O8S4/c1-27(51-3)43(61)53-35(47(63)57-21-19-39-41(57)33(23-59(39)71(5,65)66)37-25-69-45(55-37)29-11-15-31(49)16-12-29)9-7-8-10-36(54-44(62)28(2)52-4)48(64)58-22-20-40-42(58)34(24-60(40)72(6,67)68)38-26-70-46(56-38)30-13-17-32(50)18-14-30/h11-18,25-28,33-36,39-42,51-52H,7-10,19-24H2,1-6H3,(H,53,61)(H,54,62)/t27-,28-,33+,34+,35-,36-,39+,40+,41+,42+/m0/s1. The van der Waals surface area contributed by atoms with Gasteiger partial charge in [-0.25, -0.2) is 35.6 Å². The van der Waals surface area contributed by atoms with Gasteiger partial charge in [0.2, 0.25) is 43.7 Å². The summed E-state index contributed by atoms with van der Waals surface area (Å²) in [4.78, 5) is 69.9. The van der Waals surface area contributed by atoms with Gasteiger partial charge in [0, 0.05) is 72.0 Å². The maximum absolute atomic E-state index is 14.9. The van der Waals surface area contributed by atoms with Gasteiger partial charge in [-0.3, -0.25) is 19.2 Å². The predicted molar refractivity (Wildman–Crippen MR) is 271 cm³/mol. The van der Waals surface area contributed by atoms with Crippen LogP contribution >= 0.6 is 22.7 Å². The largest absolute Gasteiger partial charge is 0.343 e. The van der Waals surface area contributed by atoms with Crippen LogP contribution in [0.15, 0.2) is 59.3 Å². The third kappa shape index (κ3) is 11.3. The van der Waals surface area contributed by atoms with E-state index < -0.39 is 104 Å². The number of fused-ring (bicyclic) bond motifs is 2. The first-order valence-corrected chi connectivity index (χ1v) is 29.6. The number of benzene rings is 2. The summed E-state index contributed by atoms with van der Waals surface area (Å²) >= 11 is 2.68. The minimum absolute atomic E-state index is 0.0954. The summed E-state index contributed by atoms with van der Waals surface area (Å²) in [5.74, 6) is -3.37. The Morgan fingerprint density at radius 2 is 1.00 bits per heavy atom. The Morgan fingerprint density at radius 1 is 0.639 bits per heavy atom. The number of halogens is 2. The van der Waals surface area contributed by atoms with E-state index in [-0.39, 0.29) is 50.8 Å². The lowest BCUT2D eigenvalue weighted by Gasteiger charge is -2.33. The van der Waals surface area contributed by atoms with Crippen LogP contribution in [-0.4, -0.2) is 170 Å². The molecule has 4 fully saturated rings. The van der Waals surface area contributed by atoms with Gasteiger partial charge in [0.25, 0.3) is 0 Å². The zero-order valence-electron chi connectivity index (χ0n) is 41.0. The van der Waals surface area contributed by atoms with Crippen molar-refractivity contribution in [3.63, 3.8) is 0 Å². The molecule has 4 aliphatic heterocycles. The number of hydrogen-bond acceptors (Lipinski definition) is 14. The lowest BCUT2D eigenvalue weighted by Crippen LogP contribution is -2.55. The van der Waals surface area contributed by atoms with Crippen LogP contribution in [0.5, 0.6) is 0 Å². The number of sulfonamides is 2. The number of carbonyl (C=O) groups excluding carboxylic acids is 4. The Labute approximate surface area is 427 Å². The number of thiazole rings is 2. The fourth-order valence-electron chi connectivity index (χ4n) is 10.7. The molecule has 0 aliphatic carbocycles. The molecule has 2 aromatic heterocycles. The second-order valence-electron chi connectivity index (χ2n) is 19.2. The molecule has 0 radical (unpaired) electrons. The molecule has 4 amide bonds. The molecule has 4 saturated heterocycles. The SMILES string of the molecule is CN[C@@H](C)C(=O)N[C@@H](CCCC[C@H](NC(=O)[C@H](C)NC)C(=O)N1CC[C@@H]2[C@H]1[C@@H](c1csc(-c3ccc(F)cc3)n1)CN2S(C)(=O)=O)C(=O)N1CC[C@@H]2[C@H]1[C@@H](c1csc(-c3ccc(F)cc3)n1)CN2S(C)(=O)=O. The summed E-state index contributed by atoms with van der Waals surface area (Å²) in [5, 5.41) is 16.6. The maximum Gasteiger partial charge on any atom is 0.245 e. The average Bonchev–Trinajstić information content (AvgIpc) is 4.21. The molecular weight excluding hydrogens is 1010 g/mol. The molecule has 4 aliphatic rings. The number of amides is 4. The summed E-state index contributed by atoms with van der Waals surface area (Å²) in [7, 11) is -4.16. The van der Waals surface area contributed by atoms with Crippen molar-refractivity contribution in [3.05, 3.63) is 82.3 Å². The molecule has 72 heavy (non-hydrogen) atoms. The molecule has 10 atom stereocenters. The van der Waals surface area contributed by atoms with Crippen LogP contribution in [0.3, 0.4) is 0 Å². The van der Waals surface area contributed by atoms with Gasteiger partial charge >= 0.3 is 0 Å². The second kappa shape index (κ2) is 21.9. The van der Waals surface area contributed by atoms with Crippen LogP contribution in [0.2, 0.25) is 0 Å². The number of nitrogens with zero attached hydrogens (tertiary/aromatic N) is 6. The monoisotopic (exact) mass is 1070 g/mol. The highest BCUT2D eigenvalue weighted by atomic mass is 32.2. The summed E-state index contributed by atoms with van der Waals surface area (Å²) in [5.41, 5.74) is 2.60. The fraction of sp³-hybridized carbons (Fsp3) is 0.542. The van der Waals surface area contributed by atoms with Gasteiger partial charge in [-0.15, -0.1) is 22.7 Å². The molecule has 4 N–H and O–H groups in total. The van der Waals surface area contributed by atoms with Crippen LogP contribution in [0.4, 0.5) is 8.78 Å². The highest BCUT2D eigenvalue weighted by molar-refractivity contribution is 7.88. The fourth-order valence-corrected chi connectivity index (χ4v) is 14.8. The predicted octanol–water partition coefficient (Wildman–Crippen LogP) is 3.31. The van der Waals surface area contributed by atoms with Gasteiger partial charge < -0.3 is 31.1 Å². The summed E-state index contributed by atoms with van der Waals surface area (Å²) in [6.45, 7) is 3.98. The zero-order chi connectivity index (χ0) is 51.8. The molecule has 0 spiro atoms. The number of carbonyl (C=O) groups is 4. The molecule has 6 heterocycles. The van der Waals surface area contributed by atoms with E-state index in [1.807, 2.05) is 10.8 Å². The van der Waals surface area contributed by atoms with Crippen LogP contribution in [0.1, 0.15) is 75.6 Å². The Kier molecular flexibility index (Phi) is 16.3. The number of hydrogen-bond donors (Lipinski definition) is 4. The van der Waals surface area contributed by atoms with Gasteiger partial charge in [-0.1, -0.05) is 12.8 Å². The van der Waals surface area contributed by atoms with E-state index in [0.717, 1.165) is 12.5 Å². The van der Waals surface area contributed by atoms with Gasteiger partial charge in [-0.2, -0.15) is 8.61 Å². The highest BCUT2D eigenvalue weighted by Crippen LogP contribution is 2.45. The lowest BCUT2D eigenvalue weighted by atomic mass is 9.95. The van der Waals surface area contributed by atoms with Crippen LogP contribution in [0, 0.1) is 11.6 Å². The number of rotatable bonds is 19. The quantitative estimate of drug-likeness (QED) is 0.0994. The van der Waals surface area contributed by atoms with Crippen molar-refractivity contribution in [2.24, 2.45) is 0 Å². The van der Waals surface area contributed by atoms with E-state index in [2.05, 4.69) is 21.3 Å². The summed E-state index contributed by atoms with van der Waals surface area (Å²) < 4.78 is 83.3. The van der Waals surface area contributed by atoms with Crippen molar-refractivity contribution in [2.75, 3.05) is 52.8 Å². The van der Waals surface area contributed by atoms with E-state index in [0.29, 0.717) is 58.2 Å². The molecule has 0 saturated carbocycles. The van der Waals surface area contributed by atoms with E-state index in [4.69, 9.17) is 9.97 Å². The van der Waals surface area contributed by atoms with Gasteiger partial charge in [0.1, 0.15) is 33.7 Å². The first kappa shape index (κ1) is 53.5. The molecule has 0 bridgehead atoms. The van der Waals surface area contributed by atoms with Gasteiger partial charge in [0.15, 0.2) is 0 Å². The molecule has 2 aromatic carbocycles. The lowest BCUT2D eigenvalue weighted by molar-refractivity contribution is -0.138. The average molecular weight is 1070 g/mol. The van der Waals surface area contributed by atoms with Crippen molar-refractivity contribution in [2.45, 2.75) is 113 Å². The van der Waals surface area contributed by atoms with Crippen molar-refractivity contribution in [3.8, 4) is 21.1 Å². The van der Waals surface area contributed by atoms with Gasteiger partial charge in [0.05, 0.1) is 48.1 Å². The Morgan fingerprint density at radius 3 is 1.33 bits per heavy atom. The molecule has 18 nitrogen and oxygen atoms in total. The Bertz CT molecular complexity index is 2660. The second-order valence-corrected chi connectivity index (χ2v) is 24.8. The van der Waals surface area contributed by atoms with E-state index >= 15 is 0 Å². The molecular formula is C48H62F2N10O8S4. The molecule has 8 rings (SSSR count). The van der Waals surface area contributed by atoms with E-state index in [9.17, 15) is 44.8 Å². The molecule has 390 valence electrons. The van der Waals surface area contributed by atoms with Crippen molar-refractivity contribution in [1.29, 1.82) is 0 Å². The van der Waals surface area contributed by atoms with Crippen LogP contribution in [-0.2, 0) is 39.2 Å². The number of likely N-dealkylation sites (tertiary alicyclic amines) is 2. The summed E-state index contributed by atoms with van der Waals surface area (Å²) in [6.07, 6.45) is 4.02. The first-order chi connectivity index (χ1) is 34.2. The minimum atomic E-state index is -3.70. The third-order valence-corrected chi connectivity index (χ3v) is 19.0. The first-order valence-electron chi connectivity index (χ1n) is 24.1. The minimum Gasteiger partial charge on any atom is -0.343 e.